The van der Waals surface area contributed by atoms with E-state index in [1.54, 1.807) is 14.2 Å². The van der Waals surface area contributed by atoms with E-state index in [1.165, 1.54) is 12.8 Å². The quantitative estimate of drug-likeness (QED) is 0.743. The maximum atomic E-state index is 5.66. The van der Waals surface area contributed by atoms with Crippen molar-refractivity contribution in [2.45, 2.75) is 62.8 Å². The smallest absolute Gasteiger partial charge is 0.0722 e. The summed E-state index contributed by atoms with van der Waals surface area (Å²) in [5.74, 6) is 0. The number of methoxy groups -OCH3 is 2. The van der Waals surface area contributed by atoms with Gasteiger partial charge in [0.05, 0.1) is 12.2 Å². The van der Waals surface area contributed by atoms with E-state index in [0.717, 1.165) is 25.7 Å². The molecule has 0 aliphatic heterocycles. The molecule has 2 fully saturated rings. The summed E-state index contributed by atoms with van der Waals surface area (Å²) >= 11 is 0. The van der Waals surface area contributed by atoms with Gasteiger partial charge in [0.2, 0.25) is 0 Å². The van der Waals surface area contributed by atoms with Gasteiger partial charge >= 0.3 is 0 Å². The molecule has 0 heterocycles. The molecular formula is C12H26N2O2. The van der Waals surface area contributed by atoms with Crippen molar-refractivity contribution in [1.82, 2.24) is 0 Å². The third kappa shape index (κ3) is 4.01. The van der Waals surface area contributed by atoms with Gasteiger partial charge in [0.25, 0.3) is 0 Å². The molecule has 16 heavy (non-hydrogen) atoms. The van der Waals surface area contributed by atoms with Gasteiger partial charge < -0.3 is 20.9 Å². The Morgan fingerprint density at radius 1 is 0.750 bits per heavy atom. The third-order valence-electron chi connectivity index (χ3n) is 3.61. The lowest BCUT2D eigenvalue weighted by Crippen LogP contribution is -2.30. The van der Waals surface area contributed by atoms with Gasteiger partial charge in [-0.3, -0.25) is 0 Å². The van der Waals surface area contributed by atoms with Crippen molar-refractivity contribution < 1.29 is 9.47 Å². The number of hydrogen-bond acceptors (Lipinski definition) is 4. The van der Waals surface area contributed by atoms with Crippen LogP contribution in [0.2, 0.25) is 0 Å². The summed E-state index contributed by atoms with van der Waals surface area (Å²) in [6.45, 7) is 0. The van der Waals surface area contributed by atoms with Crippen molar-refractivity contribution in [2.75, 3.05) is 14.2 Å². The Morgan fingerprint density at radius 3 is 1.25 bits per heavy atom. The van der Waals surface area contributed by atoms with Crippen LogP contribution in [-0.4, -0.2) is 38.5 Å². The Morgan fingerprint density at radius 2 is 1.12 bits per heavy atom. The van der Waals surface area contributed by atoms with E-state index >= 15 is 0 Å². The fraction of sp³-hybridized carbons (Fsp3) is 1.00. The summed E-state index contributed by atoms with van der Waals surface area (Å²) in [5, 5.41) is 0. The molecule has 4 N–H and O–H groups in total. The lowest BCUT2D eigenvalue weighted by Gasteiger charge is -2.11. The lowest BCUT2D eigenvalue weighted by atomic mass is 10.2. The average Bonchev–Trinajstić information content (AvgIpc) is 2.87. The molecule has 0 bridgehead atoms. The highest BCUT2D eigenvalue weighted by atomic mass is 16.5. The maximum Gasteiger partial charge on any atom is 0.0722 e. The molecule has 0 amide bonds. The first-order valence-corrected chi connectivity index (χ1v) is 6.25. The second-order valence-electron chi connectivity index (χ2n) is 4.74. The first-order valence-electron chi connectivity index (χ1n) is 6.25. The number of nitrogens with two attached hydrogens (primary N) is 2. The fourth-order valence-electron chi connectivity index (χ4n) is 2.49. The van der Waals surface area contributed by atoms with Gasteiger partial charge in [-0.15, -0.1) is 0 Å². The van der Waals surface area contributed by atoms with Crippen molar-refractivity contribution in [3.8, 4) is 0 Å². The molecule has 0 aromatic rings. The first-order chi connectivity index (χ1) is 7.69. The summed E-state index contributed by atoms with van der Waals surface area (Å²) in [6, 6.07) is 0.611. The minimum Gasteiger partial charge on any atom is -0.380 e. The number of ether oxygens (including phenoxy) is 2. The van der Waals surface area contributed by atoms with Crippen LogP contribution >= 0.6 is 0 Å². The van der Waals surface area contributed by atoms with E-state index < -0.39 is 0 Å². The van der Waals surface area contributed by atoms with Crippen LogP contribution in [0.1, 0.15) is 38.5 Å². The van der Waals surface area contributed by atoms with Gasteiger partial charge in [0.1, 0.15) is 0 Å². The van der Waals surface area contributed by atoms with Crippen LogP contribution in [-0.2, 0) is 9.47 Å². The molecule has 2 aliphatic carbocycles. The fourth-order valence-corrected chi connectivity index (χ4v) is 2.49. The molecule has 4 nitrogen and oxygen atoms in total. The van der Waals surface area contributed by atoms with Crippen LogP contribution in [0.5, 0.6) is 0 Å². The molecule has 0 radical (unpaired) electrons. The zero-order valence-electron chi connectivity index (χ0n) is 10.5. The Kier molecular flexibility index (Phi) is 6.28. The Balaban J connectivity index is 0.000000160. The van der Waals surface area contributed by atoms with Crippen LogP contribution < -0.4 is 11.5 Å². The highest BCUT2D eigenvalue weighted by molar-refractivity contribution is 4.80. The van der Waals surface area contributed by atoms with Crippen molar-refractivity contribution in [1.29, 1.82) is 0 Å². The van der Waals surface area contributed by atoms with Gasteiger partial charge in [-0.25, -0.2) is 0 Å². The highest BCUT2D eigenvalue weighted by Gasteiger charge is 2.23. The second kappa shape index (κ2) is 7.22. The largest absolute Gasteiger partial charge is 0.380 e. The van der Waals surface area contributed by atoms with E-state index in [1.807, 2.05) is 0 Å². The van der Waals surface area contributed by atoms with Crippen LogP contribution in [0.3, 0.4) is 0 Å². The Hall–Kier alpha value is -0.160. The van der Waals surface area contributed by atoms with Crippen LogP contribution in [0.25, 0.3) is 0 Å². The van der Waals surface area contributed by atoms with E-state index in [9.17, 15) is 0 Å². The normalized spacial score (nSPS) is 38.2. The molecule has 0 spiro atoms. The lowest BCUT2D eigenvalue weighted by molar-refractivity contribution is 0.0960. The third-order valence-corrected chi connectivity index (χ3v) is 3.61. The summed E-state index contributed by atoms with van der Waals surface area (Å²) in [7, 11) is 3.46. The minimum atomic E-state index is 0.306. The van der Waals surface area contributed by atoms with Gasteiger partial charge in [0.15, 0.2) is 0 Å². The molecule has 0 unspecified atom stereocenters. The van der Waals surface area contributed by atoms with E-state index in [4.69, 9.17) is 20.9 Å². The minimum absolute atomic E-state index is 0.306. The van der Waals surface area contributed by atoms with E-state index in [-0.39, 0.29) is 0 Å². The maximum absolute atomic E-state index is 5.66. The van der Waals surface area contributed by atoms with Crippen molar-refractivity contribution in [3.63, 3.8) is 0 Å². The summed E-state index contributed by atoms with van der Waals surface area (Å²) in [4.78, 5) is 0. The van der Waals surface area contributed by atoms with Crippen LogP contribution in [0.4, 0.5) is 0 Å². The van der Waals surface area contributed by atoms with Gasteiger partial charge in [0, 0.05) is 26.3 Å². The summed E-state index contributed by atoms with van der Waals surface area (Å²) in [6.07, 6.45) is 7.73. The van der Waals surface area contributed by atoms with Crippen molar-refractivity contribution in [2.24, 2.45) is 11.5 Å². The van der Waals surface area contributed by atoms with E-state index in [2.05, 4.69) is 0 Å². The SMILES string of the molecule is CO[C@@H]1CCC[C@@H]1N.CO[C@H]1CCC[C@H]1N. The zero-order valence-corrected chi connectivity index (χ0v) is 10.5. The Bertz CT molecular complexity index is 170. The zero-order chi connectivity index (χ0) is 12.0. The molecule has 2 saturated carbocycles. The van der Waals surface area contributed by atoms with Crippen molar-refractivity contribution >= 4 is 0 Å². The predicted molar refractivity (Wildman–Crippen MR) is 65.2 cm³/mol. The second-order valence-corrected chi connectivity index (χ2v) is 4.74. The molecule has 0 aromatic heterocycles. The summed E-state index contributed by atoms with van der Waals surface area (Å²) < 4.78 is 10.2. The van der Waals surface area contributed by atoms with Gasteiger partial charge in [-0.1, -0.05) is 0 Å². The van der Waals surface area contributed by atoms with E-state index in [0.29, 0.717) is 24.3 Å². The molecule has 0 aromatic carbocycles. The standard InChI is InChI=1S/2C6H13NO/c2*1-8-6-4-2-3-5(6)7/h2*5-6H,2-4,7H2,1H3/t2*5-,6+/m10/s1. The number of rotatable bonds is 2. The molecule has 4 heteroatoms. The molecular weight excluding hydrogens is 204 g/mol. The molecule has 0 saturated heterocycles. The topological polar surface area (TPSA) is 70.5 Å². The molecule has 2 rings (SSSR count). The van der Waals surface area contributed by atoms with Gasteiger partial charge in [-0.2, -0.15) is 0 Å². The molecule has 96 valence electrons. The predicted octanol–water partition coefficient (Wildman–Crippen LogP) is 1.03. The monoisotopic (exact) mass is 230 g/mol. The molecule has 4 atom stereocenters. The molecule has 2 aliphatic rings. The van der Waals surface area contributed by atoms with Gasteiger partial charge in [-0.05, 0) is 38.5 Å². The van der Waals surface area contributed by atoms with Crippen LogP contribution in [0.15, 0.2) is 0 Å². The summed E-state index contributed by atoms with van der Waals surface area (Å²) in [5.41, 5.74) is 11.3. The van der Waals surface area contributed by atoms with Crippen molar-refractivity contribution in [3.05, 3.63) is 0 Å². The number of hydrogen-bond donors (Lipinski definition) is 2. The first kappa shape index (κ1) is 13.9. The van der Waals surface area contributed by atoms with Crippen LogP contribution in [0, 0.1) is 0 Å². The average molecular weight is 230 g/mol. The Labute approximate surface area is 98.7 Å². The highest BCUT2D eigenvalue weighted by Crippen LogP contribution is 2.19.